The molecule has 4 nitrogen and oxygen atoms in total. The van der Waals surface area contributed by atoms with Gasteiger partial charge in [0.05, 0.1) is 18.7 Å². The van der Waals surface area contributed by atoms with Gasteiger partial charge in [-0.2, -0.15) is 13.2 Å². The number of rotatable bonds is 8. The third kappa shape index (κ3) is 6.16. The SMILES string of the molecule is FC(F)(F)c1cccc(C(OCCN2CCN(Cc3nccs3)CC2)c2ccccc2)c1. The summed E-state index contributed by atoms with van der Waals surface area (Å²) in [7, 11) is 0. The molecule has 0 aliphatic carbocycles. The quantitative estimate of drug-likeness (QED) is 0.468. The van der Waals surface area contributed by atoms with E-state index >= 15 is 0 Å². The molecule has 2 heterocycles. The van der Waals surface area contributed by atoms with Gasteiger partial charge in [0.1, 0.15) is 11.1 Å². The van der Waals surface area contributed by atoms with Crippen LogP contribution in [0.1, 0.15) is 27.8 Å². The summed E-state index contributed by atoms with van der Waals surface area (Å²) in [5, 5.41) is 3.13. The highest BCUT2D eigenvalue weighted by Gasteiger charge is 2.31. The molecule has 1 saturated heterocycles. The third-order valence-corrected chi connectivity index (χ3v) is 6.38. The number of piperazine rings is 1. The molecule has 8 heteroatoms. The third-order valence-electron chi connectivity index (χ3n) is 5.62. The summed E-state index contributed by atoms with van der Waals surface area (Å²) in [5.41, 5.74) is 0.704. The molecule has 0 amide bonds. The lowest BCUT2D eigenvalue weighted by atomic mass is 9.99. The molecule has 0 radical (unpaired) electrons. The summed E-state index contributed by atoms with van der Waals surface area (Å²) < 4.78 is 45.8. The number of halogens is 3. The predicted octanol–water partition coefficient (Wildman–Crippen LogP) is 5.09. The van der Waals surface area contributed by atoms with Crippen molar-refractivity contribution in [1.29, 1.82) is 0 Å². The zero-order valence-electron chi connectivity index (χ0n) is 17.7. The minimum absolute atomic E-state index is 0.447. The Balaban J connectivity index is 1.35. The number of benzene rings is 2. The zero-order valence-corrected chi connectivity index (χ0v) is 18.5. The fourth-order valence-corrected chi connectivity index (χ4v) is 4.54. The maximum Gasteiger partial charge on any atom is 0.416 e. The Morgan fingerprint density at radius 3 is 2.34 bits per heavy atom. The smallest absolute Gasteiger partial charge is 0.367 e. The van der Waals surface area contributed by atoms with E-state index in [1.807, 2.05) is 41.9 Å². The minimum Gasteiger partial charge on any atom is -0.367 e. The molecule has 1 unspecified atom stereocenters. The van der Waals surface area contributed by atoms with Crippen molar-refractivity contribution in [2.24, 2.45) is 0 Å². The Bertz CT molecular complexity index is 958. The molecule has 1 fully saturated rings. The molecular formula is C24H26F3N3OS. The summed E-state index contributed by atoms with van der Waals surface area (Å²) in [4.78, 5) is 9.08. The van der Waals surface area contributed by atoms with E-state index in [1.54, 1.807) is 17.4 Å². The highest BCUT2D eigenvalue weighted by molar-refractivity contribution is 7.09. The molecule has 0 N–H and O–H groups in total. The maximum atomic E-state index is 13.2. The monoisotopic (exact) mass is 461 g/mol. The number of hydrogen-bond donors (Lipinski definition) is 0. The van der Waals surface area contributed by atoms with E-state index in [2.05, 4.69) is 14.8 Å². The minimum atomic E-state index is -4.38. The van der Waals surface area contributed by atoms with Crippen molar-refractivity contribution in [3.05, 3.63) is 87.9 Å². The van der Waals surface area contributed by atoms with Crippen molar-refractivity contribution in [2.75, 3.05) is 39.3 Å². The number of hydrogen-bond acceptors (Lipinski definition) is 5. The van der Waals surface area contributed by atoms with Gasteiger partial charge in [-0.15, -0.1) is 11.3 Å². The first-order valence-corrected chi connectivity index (χ1v) is 11.5. The molecule has 1 atom stereocenters. The van der Waals surface area contributed by atoms with Gasteiger partial charge in [-0.3, -0.25) is 9.80 Å². The lowest BCUT2D eigenvalue weighted by molar-refractivity contribution is -0.137. The van der Waals surface area contributed by atoms with Crippen LogP contribution in [0.2, 0.25) is 0 Å². The summed E-state index contributed by atoms with van der Waals surface area (Å²) in [5.74, 6) is 0. The van der Waals surface area contributed by atoms with Crippen LogP contribution in [-0.4, -0.2) is 54.1 Å². The van der Waals surface area contributed by atoms with E-state index in [0.29, 0.717) is 12.2 Å². The van der Waals surface area contributed by atoms with Gasteiger partial charge in [0.2, 0.25) is 0 Å². The van der Waals surface area contributed by atoms with Crippen LogP contribution in [-0.2, 0) is 17.5 Å². The van der Waals surface area contributed by atoms with Crippen LogP contribution in [0.3, 0.4) is 0 Å². The van der Waals surface area contributed by atoms with E-state index < -0.39 is 17.8 Å². The van der Waals surface area contributed by atoms with Crippen molar-refractivity contribution in [1.82, 2.24) is 14.8 Å². The maximum absolute atomic E-state index is 13.2. The van der Waals surface area contributed by atoms with Gasteiger partial charge in [0.15, 0.2) is 0 Å². The van der Waals surface area contributed by atoms with Crippen LogP contribution in [0.4, 0.5) is 13.2 Å². The van der Waals surface area contributed by atoms with Crippen LogP contribution in [0, 0.1) is 0 Å². The topological polar surface area (TPSA) is 28.6 Å². The fraction of sp³-hybridized carbons (Fsp3) is 0.375. The van der Waals surface area contributed by atoms with Gasteiger partial charge in [-0.05, 0) is 23.3 Å². The van der Waals surface area contributed by atoms with Crippen LogP contribution < -0.4 is 0 Å². The van der Waals surface area contributed by atoms with Gasteiger partial charge < -0.3 is 4.74 Å². The second kappa shape index (κ2) is 10.6. The van der Waals surface area contributed by atoms with Gasteiger partial charge in [-0.1, -0.05) is 42.5 Å². The van der Waals surface area contributed by atoms with Crippen LogP contribution >= 0.6 is 11.3 Å². The highest BCUT2D eigenvalue weighted by atomic mass is 32.1. The Morgan fingerprint density at radius 1 is 0.938 bits per heavy atom. The van der Waals surface area contributed by atoms with E-state index in [-0.39, 0.29) is 0 Å². The van der Waals surface area contributed by atoms with E-state index in [9.17, 15) is 13.2 Å². The standard InChI is InChI=1S/C24H26F3N3OS/c25-24(26,27)21-8-4-7-20(17-21)23(19-5-2-1-3-6-19)31-15-14-29-10-12-30(13-11-29)18-22-28-9-16-32-22/h1-9,16-17,23H,10-15,18H2. The first-order valence-electron chi connectivity index (χ1n) is 10.7. The number of alkyl halides is 3. The molecule has 1 aromatic heterocycles. The average Bonchev–Trinajstić information content (AvgIpc) is 3.31. The van der Waals surface area contributed by atoms with Crippen LogP contribution in [0.5, 0.6) is 0 Å². The van der Waals surface area contributed by atoms with Crippen LogP contribution in [0.25, 0.3) is 0 Å². The van der Waals surface area contributed by atoms with Crippen LogP contribution in [0.15, 0.2) is 66.2 Å². The van der Waals surface area contributed by atoms with Crippen molar-refractivity contribution >= 4 is 11.3 Å². The second-order valence-electron chi connectivity index (χ2n) is 7.83. The Kier molecular flexibility index (Phi) is 7.57. The molecule has 0 spiro atoms. The zero-order chi connectivity index (χ0) is 22.4. The first-order chi connectivity index (χ1) is 15.5. The second-order valence-corrected chi connectivity index (χ2v) is 8.81. The lowest BCUT2D eigenvalue weighted by Crippen LogP contribution is -2.46. The lowest BCUT2D eigenvalue weighted by Gasteiger charge is -2.34. The van der Waals surface area contributed by atoms with E-state index in [1.165, 1.54) is 12.1 Å². The molecule has 0 bridgehead atoms. The largest absolute Gasteiger partial charge is 0.416 e. The molecule has 1 aliphatic rings. The summed E-state index contributed by atoms with van der Waals surface area (Å²) in [6, 6.07) is 14.8. The molecule has 2 aromatic carbocycles. The van der Waals surface area contributed by atoms with Crippen molar-refractivity contribution in [2.45, 2.75) is 18.8 Å². The fourth-order valence-electron chi connectivity index (χ4n) is 3.88. The van der Waals surface area contributed by atoms with Gasteiger partial charge >= 0.3 is 6.18 Å². The van der Waals surface area contributed by atoms with Gasteiger partial charge in [0.25, 0.3) is 0 Å². The Hall–Kier alpha value is -2.26. The summed E-state index contributed by atoms with van der Waals surface area (Å²) in [6.07, 6.45) is -3.08. The Labute approximate surface area is 190 Å². The van der Waals surface area contributed by atoms with E-state index in [0.717, 1.165) is 55.9 Å². The summed E-state index contributed by atoms with van der Waals surface area (Å²) in [6.45, 7) is 5.89. The molecule has 4 rings (SSSR count). The molecule has 0 saturated carbocycles. The number of nitrogens with zero attached hydrogens (tertiary/aromatic N) is 3. The molecule has 32 heavy (non-hydrogen) atoms. The summed E-state index contributed by atoms with van der Waals surface area (Å²) >= 11 is 1.68. The van der Waals surface area contributed by atoms with Crippen molar-refractivity contribution < 1.29 is 17.9 Å². The predicted molar refractivity (Wildman–Crippen MR) is 120 cm³/mol. The van der Waals surface area contributed by atoms with Gasteiger partial charge in [0, 0.05) is 44.3 Å². The Morgan fingerprint density at radius 2 is 1.66 bits per heavy atom. The van der Waals surface area contributed by atoms with E-state index in [4.69, 9.17) is 4.74 Å². The molecule has 3 aromatic rings. The van der Waals surface area contributed by atoms with Crippen molar-refractivity contribution in [3.8, 4) is 0 Å². The molecule has 1 aliphatic heterocycles. The average molecular weight is 462 g/mol. The highest BCUT2D eigenvalue weighted by Crippen LogP contribution is 2.33. The first kappa shape index (κ1) is 22.9. The molecular weight excluding hydrogens is 435 g/mol. The van der Waals surface area contributed by atoms with Gasteiger partial charge in [-0.25, -0.2) is 4.98 Å². The molecule has 170 valence electrons. The van der Waals surface area contributed by atoms with Crippen molar-refractivity contribution in [3.63, 3.8) is 0 Å². The normalized spacial score (nSPS) is 16.8. The number of aromatic nitrogens is 1. The number of thiazole rings is 1. The number of ether oxygens (including phenoxy) is 1.